The van der Waals surface area contributed by atoms with Crippen LogP contribution in [0.25, 0.3) is 11.0 Å². The lowest BCUT2D eigenvalue weighted by Crippen LogP contribution is -2.27. The molecule has 0 saturated heterocycles. The van der Waals surface area contributed by atoms with Crippen molar-refractivity contribution in [2.24, 2.45) is 0 Å². The van der Waals surface area contributed by atoms with Crippen LogP contribution in [0.3, 0.4) is 0 Å². The molecule has 0 radical (unpaired) electrons. The number of nitrogens with one attached hydrogen (secondary N) is 1. The summed E-state index contributed by atoms with van der Waals surface area (Å²) in [6, 6.07) is 11.7. The fraction of sp³-hybridized carbons (Fsp3) is 0.150. The van der Waals surface area contributed by atoms with Crippen LogP contribution in [0, 0.1) is 5.82 Å². The average molecular weight is 426 g/mol. The third kappa shape index (κ3) is 3.94. The second-order valence-corrected chi connectivity index (χ2v) is 8.75. The van der Waals surface area contributed by atoms with Gasteiger partial charge in [-0.25, -0.2) is 22.8 Å². The number of aromatic nitrogens is 4. The molecule has 0 aliphatic carbocycles. The molecule has 0 aliphatic heterocycles. The maximum atomic E-state index is 13.9. The number of fused-ring (bicyclic) bond motifs is 1. The van der Waals surface area contributed by atoms with Crippen LogP contribution in [-0.4, -0.2) is 41.2 Å². The van der Waals surface area contributed by atoms with Crippen LogP contribution in [0.4, 0.5) is 21.8 Å². The summed E-state index contributed by atoms with van der Waals surface area (Å²) in [5, 5.41) is 3.69. The van der Waals surface area contributed by atoms with E-state index in [1.165, 1.54) is 13.1 Å². The highest BCUT2D eigenvalue weighted by Crippen LogP contribution is 2.23. The molecule has 30 heavy (non-hydrogen) atoms. The van der Waals surface area contributed by atoms with Crippen LogP contribution < -0.4 is 9.62 Å². The molecule has 0 bridgehead atoms. The quantitative estimate of drug-likeness (QED) is 0.509. The lowest BCUT2D eigenvalue weighted by Gasteiger charge is -2.19. The van der Waals surface area contributed by atoms with E-state index in [1.807, 2.05) is 22.9 Å². The topological polar surface area (TPSA) is 93.0 Å². The molecule has 1 N–H and O–H groups in total. The highest BCUT2D eigenvalue weighted by atomic mass is 32.2. The molecule has 1 aromatic carbocycles. The van der Waals surface area contributed by atoms with Crippen LogP contribution in [0.5, 0.6) is 0 Å². The minimum Gasteiger partial charge on any atom is -0.328 e. The van der Waals surface area contributed by atoms with Gasteiger partial charge in [0.25, 0.3) is 0 Å². The highest BCUT2D eigenvalue weighted by Gasteiger charge is 2.18. The summed E-state index contributed by atoms with van der Waals surface area (Å²) in [5.41, 5.74) is 1.62. The molecule has 154 valence electrons. The van der Waals surface area contributed by atoms with E-state index in [0.717, 1.165) is 15.9 Å². The van der Waals surface area contributed by atoms with Gasteiger partial charge in [0.15, 0.2) is 0 Å². The third-order valence-corrected chi connectivity index (χ3v) is 5.79. The number of anilines is 3. The monoisotopic (exact) mass is 426 g/mol. The van der Waals surface area contributed by atoms with Crippen LogP contribution in [0.2, 0.25) is 0 Å². The van der Waals surface area contributed by atoms with Gasteiger partial charge in [-0.1, -0.05) is 18.2 Å². The van der Waals surface area contributed by atoms with Crippen molar-refractivity contribution in [1.82, 2.24) is 19.5 Å². The predicted molar refractivity (Wildman–Crippen MR) is 114 cm³/mol. The van der Waals surface area contributed by atoms with Crippen LogP contribution in [0.1, 0.15) is 5.56 Å². The molecule has 3 aromatic heterocycles. The molecule has 0 amide bonds. The lowest BCUT2D eigenvalue weighted by atomic mass is 10.2. The Bertz CT molecular complexity index is 1320. The molecular weight excluding hydrogens is 407 g/mol. The first-order chi connectivity index (χ1) is 14.3. The zero-order chi connectivity index (χ0) is 21.3. The van der Waals surface area contributed by atoms with E-state index < -0.39 is 15.8 Å². The molecular formula is C20H19FN6O2S. The van der Waals surface area contributed by atoms with E-state index in [-0.39, 0.29) is 11.6 Å². The number of para-hydroxylation sites is 1. The first-order valence-electron chi connectivity index (χ1n) is 9.04. The number of hydrogen-bond acceptors (Lipinski definition) is 6. The second kappa shape index (κ2) is 7.71. The Morgan fingerprint density at radius 1 is 1.13 bits per heavy atom. The standard InChI is InChI=1S/C20H19FN6O2S/c1-26(30(2,28)29)18-15(6-5-10-22-18)13-27-11-9-14-12-23-20(25-19(14)27)24-17-8-4-3-7-16(17)21/h3-12H,13H2,1-2H3,(H,23,24,25). The van der Waals surface area contributed by atoms with E-state index in [2.05, 4.69) is 20.3 Å². The summed E-state index contributed by atoms with van der Waals surface area (Å²) in [7, 11) is -1.99. The van der Waals surface area contributed by atoms with Gasteiger partial charge in [0.05, 0.1) is 18.5 Å². The van der Waals surface area contributed by atoms with E-state index in [9.17, 15) is 12.8 Å². The Kier molecular flexibility index (Phi) is 5.08. The number of halogens is 1. The maximum absolute atomic E-state index is 13.9. The molecule has 10 heteroatoms. The van der Waals surface area contributed by atoms with Crippen molar-refractivity contribution in [3.05, 3.63) is 72.4 Å². The van der Waals surface area contributed by atoms with E-state index in [1.54, 1.807) is 36.7 Å². The smallest absolute Gasteiger partial charge is 0.233 e. The number of rotatable bonds is 6. The largest absolute Gasteiger partial charge is 0.328 e. The first kappa shape index (κ1) is 19.8. The van der Waals surface area contributed by atoms with Crippen molar-refractivity contribution in [1.29, 1.82) is 0 Å². The van der Waals surface area contributed by atoms with E-state index >= 15 is 0 Å². The minimum absolute atomic E-state index is 0.257. The van der Waals surface area contributed by atoms with Gasteiger partial charge < -0.3 is 9.88 Å². The average Bonchev–Trinajstić information content (AvgIpc) is 3.11. The second-order valence-electron chi connectivity index (χ2n) is 6.74. The van der Waals surface area contributed by atoms with Gasteiger partial charge in [0.1, 0.15) is 17.3 Å². The van der Waals surface area contributed by atoms with Gasteiger partial charge in [0.2, 0.25) is 16.0 Å². The van der Waals surface area contributed by atoms with E-state index in [4.69, 9.17) is 0 Å². The normalized spacial score (nSPS) is 11.6. The summed E-state index contributed by atoms with van der Waals surface area (Å²) >= 11 is 0. The van der Waals surface area contributed by atoms with Crippen molar-refractivity contribution in [3.8, 4) is 0 Å². The molecule has 0 unspecified atom stereocenters. The molecule has 0 saturated carbocycles. The SMILES string of the molecule is CN(c1ncccc1Cn1ccc2cnc(Nc3ccccc3F)nc21)S(C)(=O)=O. The summed E-state index contributed by atoms with van der Waals surface area (Å²) in [6.07, 6.45) is 6.16. The van der Waals surface area contributed by atoms with Gasteiger partial charge >= 0.3 is 0 Å². The molecule has 4 aromatic rings. The summed E-state index contributed by atoms with van der Waals surface area (Å²) < 4.78 is 40.9. The summed E-state index contributed by atoms with van der Waals surface area (Å²) in [5.74, 6) is 0.202. The molecule has 0 aliphatic rings. The van der Waals surface area contributed by atoms with Crippen LogP contribution in [0.15, 0.2) is 61.1 Å². The molecule has 0 fully saturated rings. The highest BCUT2D eigenvalue weighted by molar-refractivity contribution is 7.92. The number of nitrogens with zero attached hydrogens (tertiary/aromatic N) is 5. The Balaban J connectivity index is 1.69. The lowest BCUT2D eigenvalue weighted by molar-refractivity contribution is 0.599. The van der Waals surface area contributed by atoms with Crippen molar-refractivity contribution in [3.63, 3.8) is 0 Å². The number of pyridine rings is 1. The molecule has 0 spiro atoms. The van der Waals surface area contributed by atoms with Crippen molar-refractivity contribution >= 4 is 38.5 Å². The van der Waals surface area contributed by atoms with Gasteiger partial charge in [-0.2, -0.15) is 4.98 Å². The van der Waals surface area contributed by atoms with Crippen molar-refractivity contribution < 1.29 is 12.8 Å². The Morgan fingerprint density at radius 2 is 1.93 bits per heavy atom. The predicted octanol–water partition coefficient (Wildman–Crippen LogP) is 3.15. The first-order valence-corrected chi connectivity index (χ1v) is 10.9. The zero-order valence-corrected chi connectivity index (χ0v) is 17.1. The van der Waals surface area contributed by atoms with Crippen LogP contribution >= 0.6 is 0 Å². The van der Waals surface area contributed by atoms with Crippen molar-refractivity contribution in [2.45, 2.75) is 6.54 Å². The van der Waals surface area contributed by atoms with Gasteiger partial charge in [-0.15, -0.1) is 0 Å². The Morgan fingerprint density at radius 3 is 2.70 bits per heavy atom. The Labute approximate surface area is 173 Å². The third-order valence-electron chi connectivity index (χ3n) is 4.63. The van der Waals surface area contributed by atoms with Gasteiger partial charge in [-0.05, 0) is 24.3 Å². The number of hydrogen-bond donors (Lipinski definition) is 1. The summed E-state index contributed by atoms with van der Waals surface area (Å²) in [6.45, 7) is 0.350. The van der Waals surface area contributed by atoms with Gasteiger partial charge in [0, 0.05) is 36.6 Å². The summed E-state index contributed by atoms with van der Waals surface area (Å²) in [4.78, 5) is 13.0. The fourth-order valence-corrected chi connectivity index (χ4v) is 3.50. The van der Waals surface area contributed by atoms with Crippen LogP contribution in [-0.2, 0) is 16.6 Å². The molecule has 8 nitrogen and oxygen atoms in total. The Hall–Kier alpha value is -3.53. The molecule has 0 atom stereocenters. The molecule has 4 rings (SSSR count). The number of benzene rings is 1. The zero-order valence-electron chi connectivity index (χ0n) is 16.3. The molecule has 3 heterocycles. The van der Waals surface area contributed by atoms with Crippen molar-refractivity contribution in [2.75, 3.05) is 22.9 Å². The minimum atomic E-state index is -3.45. The maximum Gasteiger partial charge on any atom is 0.233 e. The number of sulfonamides is 1. The fourth-order valence-electron chi connectivity index (χ4n) is 3.02. The van der Waals surface area contributed by atoms with E-state index in [0.29, 0.717) is 23.6 Å². The van der Waals surface area contributed by atoms with Gasteiger partial charge in [-0.3, -0.25) is 4.31 Å².